The highest BCUT2D eigenvalue weighted by molar-refractivity contribution is 7.87. The molecule has 0 saturated carbocycles. The third-order valence-corrected chi connectivity index (χ3v) is 7.17. The van der Waals surface area contributed by atoms with Crippen molar-refractivity contribution in [2.45, 2.75) is 39.8 Å². The molecule has 0 atom stereocenters. The molecule has 180 valence electrons. The van der Waals surface area contributed by atoms with E-state index < -0.39 is 21.9 Å². The number of nitrogens with one attached hydrogen (secondary N) is 2. The summed E-state index contributed by atoms with van der Waals surface area (Å²) in [4.78, 5) is 17.3. The average Bonchev–Trinajstić information content (AvgIpc) is 3.29. The number of hydrogen-bond donors (Lipinski definition) is 2. The standard InChI is InChI=1S/C22H26FN7O3S/c1-4-25-34(32,33)29-9-8-15-11-18(23)17(10-16(15)12-29)22(31)27-20-7-5-6-19(26-20)21-28-24-13-30(21)14(2)3/h5-7,10-11,13-14,25H,4,8-9,12H2,1-3H3,(H,26,27,31). The molecule has 0 unspecified atom stereocenters. The molecule has 3 heterocycles. The smallest absolute Gasteiger partial charge is 0.279 e. The van der Waals surface area contributed by atoms with Gasteiger partial charge in [0, 0.05) is 25.7 Å². The van der Waals surface area contributed by atoms with Gasteiger partial charge in [0.1, 0.15) is 23.7 Å². The van der Waals surface area contributed by atoms with Gasteiger partial charge in [-0.2, -0.15) is 12.7 Å². The van der Waals surface area contributed by atoms with Gasteiger partial charge in [0.25, 0.3) is 16.1 Å². The molecule has 1 aliphatic rings. The Labute approximate surface area is 197 Å². The van der Waals surface area contributed by atoms with Crippen LogP contribution in [0, 0.1) is 5.82 Å². The predicted octanol–water partition coefficient (Wildman–Crippen LogP) is 2.52. The number of halogens is 1. The summed E-state index contributed by atoms with van der Waals surface area (Å²) >= 11 is 0. The number of hydrogen-bond acceptors (Lipinski definition) is 6. The number of pyridine rings is 1. The number of anilines is 1. The van der Waals surface area contributed by atoms with E-state index in [9.17, 15) is 17.6 Å². The van der Waals surface area contributed by atoms with Crippen LogP contribution >= 0.6 is 0 Å². The minimum absolute atomic E-state index is 0.0593. The minimum Gasteiger partial charge on any atom is -0.310 e. The Morgan fingerprint density at radius 3 is 2.76 bits per heavy atom. The highest BCUT2D eigenvalue weighted by Gasteiger charge is 2.28. The van der Waals surface area contributed by atoms with Crippen LogP contribution in [0.3, 0.4) is 0 Å². The maximum Gasteiger partial charge on any atom is 0.279 e. The second-order valence-electron chi connectivity index (χ2n) is 8.21. The molecule has 12 heteroatoms. The molecule has 2 N–H and O–H groups in total. The maximum absolute atomic E-state index is 14.8. The highest BCUT2D eigenvalue weighted by Crippen LogP contribution is 2.25. The third-order valence-electron chi connectivity index (χ3n) is 5.53. The van der Waals surface area contributed by atoms with Crippen LogP contribution in [0.1, 0.15) is 48.3 Å². The maximum atomic E-state index is 14.8. The van der Waals surface area contributed by atoms with Gasteiger partial charge in [-0.1, -0.05) is 13.0 Å². The van der Waals surface area contributed by atoms with Crippen LogP contribution in [-0.2, 0) is 23.2 Å². The number of carbonyl (C=O) groups excluding carboxylic acids is 1. The van der Waals surface area contributed by atoms with Gasteiger partial charge in [-0.25, -0.2) is 14.1 Å². The first kappa shape index (κ1) is 23.9. The van der Waals surface area contributed by atoms with Crippen LogP contribution in [0.25, 0.3) is 11.5 Å². The summed E-state index contributed by atoms with van der Waals surface area (Å²) in [5, 5.41) is 10.7. The molecule has 2 aromatic heterocycles. The summed E-state index contributed by atoms with van der Waals surface area (Å²) < 4.78 is 45.1. The normalized spacial score (nSPS) is 14.3. The van der Waals surface area contributed by atoms with Crippen molar-refractivity contribution in [2.24, 2.45) is 0 Å². The van der Waals surface area contributed by atoms with E-state index in [1.54, 1.807) is 31.5 Å². The van der Waals surface area contributed by atoms with Gasteiger partial charge in [0.2, 0.25) is 0 Å². The first-order chi connectivity index (χ1) is 16.2. The topological polar surface area (TPSA) is 122 Å². The quantitative estimate of drug-likeness (QED) is 0.528. The van der Waals surface area contributed by atoms with Crippen molar-refractivity contribution in [1.82, 2.24) is 28.8 Å². The molecule has 0 saturated heterocycles. The van der Waals surface area contributed by atoms with Crippen molar-refractivity contribution in [2.75, 3.05) is 18.4 Å². The Hall–Kier alpha value is -3.22. The molecule has 0 fully saturated rings. The van der Waals surface area contributed by atoms with E-state index in [2.05, 4.69) is 25.2 Å². The Kier molecular flexibility index (Phi) is 6.73. The van der Waals surface area contributed by atoms with Gasteiger partial charge >= 0.3 is 0 Å². The lowest BCUT2D eigenvalue weighted by atomic mass is 9.97. The Morgan fingerprint density at radius 1 is 1.24 bits per heavy atom. The van der Waals surface area contributed by atoms with Crippen LogP contribution in [0.5, 0.6) is 0 Å². The fourth-order valence-electron chi connectivity index (χ4n) is 3.82. The molecule has 10 nitrogen and oxygen atoms in total. The lowest BCUT2D eigenvalue weighted by Gasteiger charge is -2.28. The minimum atomic E-state index is -3.64. The second-order valence-corrected chi connectivity index (χ2v) is 9.96. The Bertz CT molecular complexity index is 1320. The molecule has 3 aromatic rings. The van der Waals surface area contributed by atoms with Crippen molar-refractivity contribution >= 4 is 21.9 Å². The molecule has 1 amide bonds. The molecule has 0 radical (unpaired) electrons. The summed E-state index contributed by atoms with van der Waals surface area (Å²) in [7, 11) is -3.64. The number of nitrogens with zero attached hydrogens (tertiary/aromatic N) is 5. The number of amides is 1. The summed E-state index contributed by atoms with van der Waals surface area (Å²) in [5.41, 5.74) is 1.61. The fourth-order valence-corrected chi connectivity index (χ4v) is 5.01. The molecule has 34 heavy (non-hydrogen) atoms. The fraction of sp³-hybridized carbons (Fsp3) is 0.364. The van der Waals surface area contributed by atoms with Crippen molar-refractivity contribution < 1.29 is 17.6 Å². The largest absolute Gasteiger partial charge is 0.310 e. The van der Waals surface area contributed by atoms with E-state index in [1.807, 2.05) is 18.4 Å². The van der Waals surface area contributed by atoms with Crippen molar-refractivity contribution in [3.8, 4) is 11.5 Å². The lowest BCUT2D eigenvalue weighted by molar-refractivity contribution is 0.102. The van der Waals surface area contributed by atoms with Gasteiger partial charge < -0.3 is 9.88 Å². The molecule has 0 aliphatic carbocycles. The van der Waals surface area contributed by atoms with Crippen LogP contribution < -0.4 is 10.0 Å². The average molecular weight is 488 g/mol. The summed E-state index contributed by atoms with van der Waals surface area (Å²) in [6, 6.07) is 7.88. The predicted molar refractivity (Wildman–Crippen MR) is 125 cm³/mol. The number of fused-ring (bicyclic) bond motifs is 1. The van der Waals surface area contributed by atoms with E-state index in [4.69, 9.17) is 0 Å². The van der Waals surface area contributed by atoms with Gasteiger partial charge in [-0.3, -0.25) is 4.79 Å². The number of benzene rings is 1. The van der Waals surface area contributed by atoms with Crippen molar-refractivity contribution in [1.29, 1.82) is 0 Å². The van der Waals surface area contributed by atoms with Crippen LogP contribution in [-0.4, -0.2) is 51.5 Å². The molecule has 0 bridgehead atoms. The zero-order chi connectivity index (χ0) is 24.5. The van der Waals surface area contributed by atoms with Crippen molar-refractivity contribution in [3.63, 3.8) is 0 Å². The zero-order valence-corrected chi connectivity index (χ0v) is 19.9. The van der Waals surface area contributed by atoms with Gasteiger partial charge in [0.05, 0.1) is 5.56 Å². The number of aromatic nitrogens is 4. The van der Waals surface area contributed by atoms with E-state index in [-0.39, 0.29) is 37.1 Å². The van der Waals surface area contributed by atoms with E-state index in [1.165, 1.54) is 16.4 Å². The first-order valence-electron chi connectivity index (χ1n) is 10.9. The molecular formula is C22H26FN7O3S. The molecule has 1 aliphatic heterocycles. The van der Waals surface area contributed by atoms with Crippen molar-refractivity contribution in [3.05, 3.63) is 59.2 Å². The second kappa shape index (κ2) is 9.57. The molecule has 1 aromatic carbocycles. The van der Waals surface area contributed by atoms with E-state index >= 15 is 0 Å². The Morgan fingerprint density at radius 2 is 2.03 bits per heavy atom. The summed E-state index contributed by atoms with van der Waals surface area (Å²) in [5.74, 6) is -0.570. The third kappa shape index (κ3) is 4.83. The molecular weight excluding hydrogens is 461 g/mol. The highest BCUT2D eigenvalue weighted by atomic mass is 32.2. The molecule has 0 spiro atoms. The zero-order valence-electron chi connectivity index (χ0n) is 19.1. The molecule has 4 rings (SSSR count). The van der Waals surface area contributed by atoms with Crippen LogP contribution in [0.4, 0.5) is 10.2 Å². The summed E-state index contributed by atoms with van der Waals surface area (Å²) in [6.45, 7) is 6.24. The number of carbonyl (C=O) groups is 1. The van der Waals surface area contributed by atoms with Crippen LogP contribution in [0.2, 0.25) is 0 Å². The summed E-state index contributed by atoms with van der Waals surface area (Å²) in [6.07, 6.45) is 1.97. The van der Waals surface area contributed by atoms with Crippen LogP contribution in [0.15, 0.2) is 36.7 Å². The van der Waals surface area contributed by atoms with E-state index in [0.29, 0.717) is 29.1 Å². The van der Waals surface area contributed by atoms with E-state index in [0.717, 1.165) is 0 Å². The number of rotatable bonds is 7. The first-order valence-corrected chi connectivity index (χ1v) is 12.4. The Balaban J connectivity index is 1.57. The van der Waals surface area contributed by atoms with Gasteiger partial charge in [0.15, 0.2) is 5.82 Å². The van der Waals surface area contributed by atoms with Gasteiger partial charge in [-0.15, -0.1) is 10.2 Å². The SMILES string of the molecule is CCNS(=O)(=O)N1CCc2cc(F)c(C(=O)Nc3cccc(-c4nncn4C(C)C)n3)cc2C1. The monoisotopic (exact) mass is 487 g/mol. The lowest BCUT2D eigenvalue weighted by Crippen LogP contribution is -2.43. The van der Waals surface area contributed by atoms with Gasteiger partial charge in [-0.05, 0) is 55.7 Å².